The molecule has 6 nitrogen and oxygen atoms in total. The molecule has 2 aromatic carbocycles. The fourth-order valence-electron chi connectivity index (χ4n) is 3.73. The summed E-state index contributed by atoms with van der Waals surface area (Å²) in [5.41, 5.74) is 3.35. The van der Waals surface area contributed by atoms with E-state index in [9.17, 15) is 4.79 Å². The summed E-state index contributed by atoms with van der Waals surface area (Å²) < 4.78 is 5.62. The van der Waals surface area contributed by atoms with Crippen molar-refractivity contribution < 1.29 is 14.6 Å². The highest BCUT2D eigenvalue weighted by Crippen LogP contribution is 2.33. The molecule has 0 bridgehead atoms. The molecule has 4 rings (SSSR count). The first kappa shape index (κ1) is 20.0. The monoisotopic (exact) mass is 403 g/mol. The number of benzene rings is 2. The molecule has 0 atom stereocenters. The number of aromatic nitrogens is 2. The SMILES string of the molecule is CC1(OCC(=O)O)CCN(c2cnc(-c3ccccc3)c(-c3ccccc3)n2)CC1. The predicted octanol–water partition coefficient (Wildman–Crippen LogP) is 4.27. The summed E-state index contributed by atoms with van der Waals surface area (Å²) in [6, 6.07) is 20.2. The van der Waals surface area contributed by atoms with E-state index in [0.29, 0.717) is 0 Å². The summed E-state index contributed by atoms with van der Waals surface area (Å²) in [5, 5.41) is 8.89. The van der Waals surface area contributed by atoms with E-state index in [4.69, 9.17) is 19.8 Å². The van der Waals surface area contributed by atoms with Crippen molar-refractivity contribution in [2.75, 3.05) is 24.6 Å². The van der Waals surface area contributed by atoms with Crippen LogP contribution >= 0.6 is 0 Å². The quantitative estimate of drug-likeness (QED) is 0.662. The van der Waals surface area contributed by atoms with Gasteiger partial charge in [0.1, 0.15) is 12.4 Å². The van der Waals surface area contributed by atoms with Crippen molar-refractivity contribution in [2.24, 2.45) is 0 Å². The van der Waals surface area contributed by atoms with Crippen LogP contribution < -0.4 is 4.90 Å². The number of nitrogens with zero attached hydrogens (tertiary/aromatic N) is 3. The van der Waals surface area contributed by atoms with E-state index < -0.39 is 11.6 Å². The number of aliphatic carboxylic acids is 1. The van der Waals surface area contributed by atoms with Crippen LogP contribution in [-0.2, 0) is 9.53 Å². The molecule has 0 aliphatic carbocycles. The topological polar surface area (TPSA) is 75.6 Å². The van der Waals surface area contributed by atoms with E-state index in [-0.39, 0.29) is 6.61 Å². The Balaban J connectivity index is 1.61. The maximum absolute atomic E-state index is 10.8. The summed E-state index contributed by atoms with van der Waals surface area (Å²) >= 11 is 0. The molecular formula is C24H25N3O3. The lowest BCUT2D eigenvalue weighted by Gasteiger charge is -2.39. The number of anilines is 1. The minimum Gasteiger partial charge on any atom is -0.480 e. The summed E-state index contributed by atoms with van der Waals surface area (Å²) in [5.74, 6) is -0.109. The molecule has 0 spiro atoms. The van der Waals surface area contributed by atoms with Crippen molar-refractivity contribution >= 4 is 11.8 Å². The van der Waals surface area contributed by atoms with Gasteiger partial charge in [-0.15, -0.1) is 0 Å². The average Bonchev–Trinajstić information content (AvgIpc) is 2.79. The fourth-order valence-corrected chi connectivity index (χ4v) is 3.73. The second kappa shape index (κ2) is 8.63. The van der Waals surface area contributed by atoms with Gasteiger partial charge in [-0.25, -0.2) is 9.78 Å². The van der Waals surface area contributed by atoms with Crippen LogP contribution in [0.25, 0.3) is 22.5 Å². The van der Waals surface area contributed by atoms with E-state index >= 15 is 0 Å². The molecule has 0 amide bonds. The molecule has 0 saturated carbocycles. The van der Waals surface area contributed by atoms with Crippen LogP contribution in [0.2, 0.25) is 0 Å². The van der Waals surface area contributed by atoms with Gasteiger partial charge in [0.25, 0.3) is 0 Å². The lowest BCUT2D eigenvalue weighted by atomic mass is 9.93. The summed E-state index contributed by atoms with van der Waals surface area (Å²) in [7, 11) is 0. The third-order valence-electron chi connectivity index (χ3n) is 5.54. The van der Waals surface area contributed by atoms with Gasteiger partial charge in [0.2, 0.25) is 0 Å². The maximum atomic E-state index is 10.8. The molecule has 1 aromatic heterocycles. The van der Waals surface area contributed by atoms with E-state index in [1.165, 1.54) is 0 Å². The van der Waals surface area contributed by atoms with Crippen LogP contribution in [0.1, 0.15) is 19.8 Å². The molecule has 1 fully saturated rings. The van der Waals surface area contributed by atoms with Crippen molar-refractivity contribution in [2.45, 2.75) is 25.4 Å². The first-order valence-electron chi connectivity index (χ1n) is 10.1. The summed E-state index contributed by atoms with van der Waals surface area (Å²) in [6.45, 7) is 3.19. The minimum atomic E-state index is -0.937. The largest absolute Gasteiger partial charge is 0.480 e. The Morgan fingerprint density at radius 3 is 2.13 bits per heavy atom. The van der Waals surface area contributed by atoms with E-state index in [1.807, 2.05) is 73.8 Å². The zero-order valence-electron chi connectivity index (χ0n) is 17.0. The zero-order valence-corrected chi connectivity index (χ0v) is 17.0. The Bertz CT molecular complexity index is 1000. The van der Waals surface area contributed by atoms with Crippen molar-refractivity contribution in [3.63, 3.8) is 0 Å². The van der Waals surface area contributed by atoms with E-state index in [2.05, 4.69) is 4.90 Å². The Hall–Kier alpha value is -3.25. The number of carboxylic acids is 1. The van der Waals surface area contributed by atoms with Gasteiger partial charge in [-0.1, -0.05) is 60.7 Å². The fraction of sp³-hybridized carbons (Fsp3) is 0.292. The second-order valence-corrected chi connectivity index (χ2v) is 7.78. The molecule has 1 aliphatic rings. The molecule has 0 unspecified atom stereocenters. The zero-order chi connectivity index (χ0) is 21.0. The molecular weight excluding hydrogens is 378 g/mol. The number of hydrogen-bond donors (Lipinski definition) is 1. The third-order valence-corrected chi connectivity index (χ3v) is 5.54. The Morgan fingerprint density at radius 1 is 1.00 bits per heavy atom. The molecule has 0 radical (unpaired) electrons. The average molecular weight is 403 g/mol. The van der Waals surface area contributed by atoms with Crippen molar-refractivity contribution in [3.8, 4) is 22.5 Å². The normalized spacial score (nSPS) is 15.7. The molecule has 154 valence electrons. The molecule has 6 heteroatoms. The highest BCUT2D eigenvalue weighted by molar-refractivity contribution is 5.78. The number of rotatable bonds is 6. The maximum Gasteiger partial charge on any atom is 0.329 e. The molecule has 3 aromatic rings. The van der Waals surface area contributed by atoms with Crippen LogP contribution in [0.5, 0.6) is 0 Å². The summed E-state index contributed by atoms with van der Waals surface area (Å²) in [4.78, 5) is 22.8. The Labute approximate surface area is 176 Å². The van der Waals surface area contributed by atoms with Gasteiger partial charge < -0.3 is 14.7 Å². The van der Waals surface area contributed by atoms with Crippen LogP contribution in [0.4, 0.5) is 5.82 Å². The number of carboxylic acid groups (broad SMARTS) is 1. The van der Waals surface area contributed by atoms with Gasteiger partial charge in [0.05, 0.1) is 23.2 Å². The second-order valence-electron chi connectivity index (χ2n) is 7.78. The minimum absolute atomic E-state index is 0.264. The van der Waals surface area contributed by atoms with Gasteiger partial charge in [-0.05, 0) is 19.8 Å². The Kier molecular flexibility index (Phi) is 5.77. The number of ether oxygens (including phenoxy) is 1. The van der Waals surface area contributed by atoms with E-state index in [1.54, 1.807) is 0 Å². The van der Waals surface area contributed by atoms with Crippen molar-refractivity contribution in [1.29, 1.82) is 0 Å². The predicted molar refractivity (Wildman–Crippen MR) is 116 cm³/mol. The molecule has 2 heterocycles. The number of piperidine rings is 1. The Morgan fingerprint density at radius 2 is 1.57 bits per heavy atom. The lowest BCUT2D eigenvalue weighted by Crippen LogP contribution is -2.45. The molecule has 30 heavy (non-hydrogen) atoms. The first-order valence-corrected chi connectivity index (χ1v) is 10.1. The van der Waals surface area contributed by atoms with Crippen LogP contribution in [-0.4, -0.2) is 46.3 Å². The van der Waals surface area contributed by atoms with Crippen molar-refractivity contribution in [3.05, 3.63) is 66.9 Å². The number of carbonyl (C=O) groups is 1. The van der Waals surface area contributed by atoms with Crippen LogP contribution in [0.3, 0.4) is 0 Å². The van der Waals surface area contributed by atoms with Gasteiger partial charge in [-0.3, -0.25) is 4.98 Å². The number of hydrogen-bond acceptors (Lipinski definition) is 5. The molecule has 1 N–H and O–H groups in total. The first-order chi connectivity index (χ1) is 14.5. The molecule has 1 aliphatic heterocycles. The van der Waals surface area contributed by atoms with Crippen molar-refractivity contribution in [1.82, 2.24) is 9.97 Å². The standard InChI is InChI=1S/C24H25N3O3/c1-24(30-17-21(28)29)12-14-27(15-13-24)20-16-25-22(18-8-4-2-5-9-18)23(26-20)19-10-6-3-7-11-19/h2-11,16H,12-15,17H2,1H3,(H,28,29). The third kappa shape index (κ3) is 4.49. The van der Waals surface area contributed by atoms with Crippen LogP contribution in [0.15, 0.2) is 66.9 Å². The highest BCUT2D eigenvalue weighted by atomic mass is 16.5. The van der Waals surface area contributed by atoms with Gasteiger partial charge in [0.15, 0.2) is 0 Å². The van der Waals surface area contributed by atoms with E-state index in [0.717, 1.165) is 54.3 Å². The highest BCUT2D eigenvalue weighted by Gasteiger charge is 2.32. The van der Waals surface area contributed by atoms with Crippen LogP contribution in [0, 0.1) is 0 Å². The molecule has 1 saturated heterocycles. The lowest BCUT2D eigenvalue weighted by molar-refractivity contribution is -0.150. The van der Waals surface area contributed by atoms with Gasteiger partial charge in [-0.2, -0.15) is 0 Å². The van der Waals surface area contributed by atoms with Gasteiger partial charge in [0, 0.05) is 24.2 Å². The smallest absolute Gasteiger partial charge is 0.329 e. The van der Waals surface area contributed by atoms with Gasteiger partial charge >= 0.3 is 5.97 Å². The summed E-state index contributed by atoms with van der Waals surface area (Å²) in [6.07, 6.45) is 3.31.